The highest BCUT2D eigenvalue weighted by atomic mass is 16.5. The van der Waals surface area contributed by atoms with Crippen molar-refractivity contribution in [1.82, 2.24) is 0 Å². The van der Waals surface area contributed by atoms with Crippen LogP contribution in [0.5, 0.6) is 11.5 Å². The molecule has 0 amide bonds. The van der Waals surface area contributed by atoms with Crippen LogP contribution >= 0.6 is 0 Å². The van der Waals surface area contributed by atoms with Crippen LogP contribution in [0.4, 0.5) is 0 Å². The van der Waals surface area contributed by atoms with Gasteiger partial charge in [-0.05, 0) is 54.8 Å². The van der Waals surface area contributed by atoms with Crippen LogP contribution in [0.3, 0.4) is 0 Å². The van der Waals surface area contributed by atoms with Crippen molar-refractivity contribution in [2.75, 3.05) is 7.11 Å². The Labute approximate surface area is 124 Å². The molecule has 3 nitrogen and oxygen atoms in total. The molecule has 0 saturated heterocycles. The van der Waals surface area contributed by atoms with Crippen molar-refractivity contribution >= 4 is 11.9 Å². The van der Waals surface area contributed by atoms with Gasteiger partial charge in [0, 0.05) is 5.56 Å². The number of rotatable bonds is 4. The SMILES string of the molecule is COc1cc(/C=C/C(=O)c2ccc(C)c(C)c2)ccc1O. The fourth-order valence-electron chi connectivity index (χ4n) is 1.96. The van der Waals surface area contributed by atoms with Crippen molar-refractivity contribution in [2.24, 2.45) is 0 Å². The first-order valence-electron chi connectivity index (χ1n) is 6.68. The Morgan fingerprint density at radius 2 is 1.86 bits per heavy atom. The molecule has 0 aliphatic rings. The summed E-state index contributed by atoms with van der Waals surface area (Å²) in [6, 6.07) is 10.6. The van der Waals surface area contributed by atoms with Gasteiger partial charge in [0.15, 0.2) is 17.3 Å². The van der Waals surface area contributed by atoms with Crippen LogP contribution in [0.15, 0.2) is 42.5 Å². The summed E-state index contributed by atoms with van der Waals surface area (Å²) in [5.41, 5.74) is 3.72. The van der Waals surface area contributed by atoms with Crippen molar-refractivity contribution in [2.45, 2.75) is 13.8 Å². The number of hydrogen-bond donors (Lipinski definition) is 1. The first kappa shape index (κ1) is 14.9. The van der Waals surface area contributed by atoms with E-state index in [1.807, 2.05) is 32.0 Å². The molecular formula is C18H18O3. The third-order valence-electron chi connectivity index (χ3n) is 3.42. The van der Waals surface area contributed by atoms with Gasteiger partial charge in [-0.2, -0.15) is 0 Å². The molecule has 0 aromatic heterocycles. The molecule has 0 radical (unpaired) electrons. The zero-order chi connectivity index (χ0) is 15.4. The second-order valence-corrected chi connectivity index (χ2v) is 4.93. The first-order valence-corrected chi connectivity index (χ1v) is 6.68. The van der Waals surface area contributed by atoms with Crippen LogP contribution in [0.25, 0.3) is 6.08 Å². The lowest BCUT2D eigenvalue weighted by atomic mass is 10.0. The van der Waals surface area contributed by atoms with E-state index in [1.165, 1.54) is 18.7 Å². The van der Waals surface area contributed by atoms with E-state index >= 15 is 0 Å². The molecule has 0 heterocycles. The van der Waals surface area contributed by atoms with Crippen molar-refractivity contribution in [3.63, 3.8) is 0 Å². The molecule has 0 spiro atoms. The standard InChI is InChI=1S/C18H18O3/c1-12-4-7-15(10-13(12)2)16(19)8-5-14-6-9-17(20)18(11-14)21-3/h4-11,20H,1-3H3/b8-5+. The Bertz CT molecular complexity index is 700. The zero-order valence-electron chi connectivity index (χ0n) is 12.4. The maximum atomic E-state index is 12.1. The Morgan fingerprint density at radius 3 is 2.52 bits per heavy atom. The predicted octanol–water partition coefficient (Wildman–Crippen LogP) is 3.91. The number of carbonyl (C=O) groups is 1. The Morgan fingerprint density at radius 1 is 1.10 bits per heavy atom. The molecule has 1 N–H and O–H groups in total. The van der Waals surface area contributed by atoms with Gasteiger partial charge in [0.05, 0.1) is 7.11 Å². The van der Waals surface area contributed by atoms with E-state index in [9.17, 15) is 9.90 Å². The fraction of sp³-hybridized carbons (Fsp3) is 0.167. The van der Waals surface area contributed by atoms with Gasteiger partial charge in [-0.1, -0.05) is 24.3 Å². The van der Waals surface area contributed by atoms with E-state index in [1.54, 1.807) is 24.3 Å². The van der Waals surface area contributed by atoms with Gasteiger partial charge < -0.3 is 9.84 Å². The second kappa shape index (κ2) is 6.27. The molecule has 21 heavy (non-hydrogen) atoms. The normalized spacial score (nSPS) is 10.8. The van der Waals surface area contributed by atoms with Crippen molar-refractivity contribution in [3.05, 3.63) is 64.7 Å². The summed E-state index contributed by atoms with van der Waals surface area (Å²) < 4.78 is 5.04. The summed E-state index contributed by atoms with van der Waals surface area (Å²) in [5, 5.41) is 9.53. The number of benzene rings is 2. The Kier molecular flexibility index (Phi) is 4.43. The molecule has 3 heteroatoms. The van der Waals surface area contributed by atoms with Gasteiger partial charge in [-0.3, -0.25) is 4.79 Å². The molecule has 0 atom stereocenters. The number of aryl methyl sites for hydroxylation is 2. The third-order valence-corrected chi connectivity index (χ3v) is 3.42. The molecule has 0 aliphatic heterocycles. The van der Waals surface area contributed by atoms with E-state index in [0.717, 1.165) is 11.1 Å². The van der Waals surface area contributed by atoms with Crippen molar-refractivity contribution in [3.8, 4) is 11.5 Å². The Hall–Kier alpha value is -2.55. The lowest BCUT2D eigenvalue weighted by Crippen LogP contribution is -1.95. The molecule has 0 unspecified atom stereocenters. The largest absolute Gasteiger partial charge is 0.504 e. The molecule has 2 aromatic rings. The number of methoxy groups -OCH3 is 1. The maximum Gasteiger partial charge on any atom is 0.185 e. The van der Waals surface area contributed by atoms with Crippen molar-refractivity contribution in [1.29, 1.82) is 0 Å². The minimum absolute atomic E-state index is 0.0508. The number of phenols is 1. The predicted molar refractivity (Wildman–Crippen MR) is 83.9 cm³/mol. The third kappa shape index (κ3) is 3.51. The zero-order valence-corrected chi connectivity index (χ0v) is 12.4. The number of ketones is 1. The topological polar surface area (TPSA) is 46.5 Å². The monoisotopic (exact) mass is 282 g/mol. The highest BCUT2D eigenvalue weighted by Crippen LogP contribution is 2.26. The average molecular weight is 282 g/mol. The number of aromatic hydroxyl groups is 1. The summed E-state index contributed by atoms with van der Waals surface area (Å²) in [6.07, 6.45) is 3.23. The molecule has 0 fully saturated rings. The number of carbonyl (C=O) groups excluding carboxylic acids is 1. The molecule has 0 saturated carbocycles. The summed E-state index contributed by atoms with van der Waals surface area (Å²) in [4.78, 5) is 12.1. The summed E-state index contributed by atoms with van der Waals surface area (Å²) in [6.45, 7) is 4.00. The summed E-state index contributed by atoms with van der Waals surface area (Å²) in [7, 11) is 1.49. The minimum atomic E-state index is -0.0508. The molecule has 2 aromatic carbocycles. The van der Waals surface area contributed by atoms with Gasteiger partial charge in [0.2, 0.25) is 0 Å². The number of allylic oxidation sites excluding steroid dienone is 1. The van der Waals surface area contributed by atoms with Crippen LogP contribution in [0, 0.1) is 13.8 Å². The Balaban J connectivity index is 2.20. The lowest BCUT2D eigenvalue weighted by molar-refractivity contribution is 0.104. The molecule has 0 bridgehead atoms. The van der Waals surface area contributed by atoms with E-state index in [4.69, 9.17) is 4.74 Å². The summed E-state index contributed by atoms with van der Waals surface area (Å²) in [5.74, 6) is 0.413. The highest BCUT2D eigenvalue weighted by Gasteiger charge is 2.04. The van der Waals surface area contributed by atoms with E-state index < -0.39 is 0 Å². The average Bonchev–Trinajstić information content (AvgIpc) is 2.48. The lowest BCUT2D eigenvalue weighted by Gasteiger charge is -2.04. The minimum Gasteiger partial charge on any atom is -0.504 e. The van der Waals surface area contributed by atoms with Crippen LogP contribution in [0.1, 0.15) is 27.0 Å². The van der Waals surface area contributed by atoms with E-state index in [0.29, 0.717) is 11.3 Å². The second-order valence-electron chi connectivity index (χ2n) is 4.93. The smallest absolute Gasteiger partial charge is 0.185 e. The van der Waals surface area contributed by atoms with Gasteiger partial charge in [-0.15, -0.1) is 0 Å². The van der Waals surface area contributed by atoms with E-state index in [-0.39, 0.29) is 11.5 Å². The summed E-state index contributed by atoms with van der Waals surface area (Å²) >= 11 is 0. The quantitative estimate of drug-likeness (QED) is 0.683. The number of ether oxygens (including phenoxy) is 1. The maximum absolute atomic E-state index is 12.1. The highest BCUT2D eigenvalue weighted by molar-refractivity contribution is 6.07. The van der Waals surface area contributed by atoms with Crippen LogP contribution < -0.4 is 4.74 Å². The number of hydrogen-bond acceptors (Lipinski definition) is 3. The van der Waals surface area contributed by atoms with Gasteiger partial charge >= 0.3 is 0 Å². The number of phenolic OH excluding ortho intramolecular Hbond substituents is 1. The van der Waals surface area contributed by atoms with Crippen LogP contribution in [-0.2, 0) is 0 Å². The van der Waals surface area contributed by atoms with Gasteiger partial charge in [-0.25, -0.2) is 0 Å². The molecule has 108 valence electrons. The first-order chi connectivity index (χ1) is 10.0. The van der Waals surface area contributed by atoms with E-state index in [2.05, 4.69) is 0 Å². The van der Waals surface area contributed by atoms with Gasteiger partial charge in [0.25, 0.3) is 0 Å². The molecule has 0 aliphatic carbocycles. The van der Waals surface area contributed by atoms with Crippen LogP contribution in [0.2, 0.25) is 0 Å². The fourth-order valence-corrected chi connectivity index (χ4v) is 1.96. The molecular weight excluding hydrogens is 264 g/mol. The van der Waals surface area contributed by atoms with Crippen molar-refractivity contribution < 1.29 is 14.6 Å². The van der Waals surface area contributed by atoms with Gasteiger partial charge in [0.1, 0.15) is 0 Å². The van der Waals surface area contributed by atoms with Crippen LogP contribution in [-0.4, -0.2) is 18.0 Å². The molecule has 2 rings (SSSR count).